The van der Waals surface area contributed by atoms with E-state index in [-0.39, 0.29) is 11.2 Å². The third-order valence-corrected chi connectivity index (χ3v) is 5.80. The number of carbonyl (C=O) groups excluding carboxylic acids is 1. The summed E-state index contributed by atoms with van der Waals surface area (Å²) in [7, 11) is 0. The van der Waals surface area contributed by atoms with Gasteiger partial charge in [-0.2, -0.15) is 0 Å². The highest BCUT2D eigenvalue weighted by Gasteiger charge is 2.20. The van der Waals surface area contributed by atoms with E-state index in [2.05, 4.69) is 10.3 Å². The molecule has 1 amide bonds. The van der Waals surface area contributed by atoms with Crippen molar-refractivity contribution in [2.45, 2.75) is 17.3 Å². The summed E-state index contributed by atoms with van der Waals surface area (Å²) in [4.78, 5) is 20.8. The topological polar surface area (TPSA) is 57.8 Å². The van der Waals surface area contributed by atoms with Crippen LogP contribution in [0.4, 0.5) is 5.69 Å². The van der Waals surface area contributed by atoms with Gasteiger partial charge in [-0.15, -0.1) is 0 Å². The monoisotopic (exact) mass is 433 g/mol. The molecule has 30 heavy (non-hydrogen) atoms. The number of hydrogen-bond acceptors (Lipinski definition) is 3. The average molecular weight is 434 g/mol. The second kappa shape index (κ2) is 9.20. The van der Waals surface area contributed by atoms with Crippen molar-refractivity contribution in [1.29, 1.82) is 0 Å². The third-order valence-electron chi connectivity index (χ3n) is 4.56. The lowest BCUT2D eigenvalue weighted by molar-refractivity contribution is -0.115. The fraction of sp³-hybridized carbons (Fsp3) is 0.0833. The SMILES string of the molecule is CC(Sc1nc(-c2ccccc2)c(-c2ccccc2)[nH]1)C(=O)Nc1ccc(Cl)cc1. The first-order valence-corrected chi connectivity index (χ1v) is 10.8. The molecule has 0 spiro atoms. The van der Waals surface area contributed by atoms with Gasteiger partial charge in [-0.05, 0) is 31.2 Å². The highest BCUT2D eigenvalue weighted by molar-refractivity contribution is 8.00. The maximum atomic E-state index is 12.6. The minimum atomic E-state index is -0.334. The molecule has 0 aliphatic carbocycles. The number of carbonyl (C=O) groups is 1. The largest absolute Gasteiger partial charge is 0.332 e. The molecule has 1 unspecified atom stereocenters. The fourth-order valence-electron chi connectivity index (χ4n) is 3.02. The lowest BCUT2D eigenvalue weighted by atomic mass is 10.1. The number of nitrogens with one attached hydrogen (secondary N) is 2. The van der Waals surface area contributed by atoms with Crippen LogP contribution in [0.1, 0.15) is 6.92 Å². The summed E-state index contributed by atoms with van der Waals surface area (Å²) in [5, 5.41) is 3.91. The van der Waals surface area contributed by atoms with E-state index in [1.54, 1.807) is 24.3 Å². The Morgan fingerprint density at radius 1 is 0.933 bits per heavy atom. The molecule has 4 aromatic rings. The van der Waals surface area contributed by atoms with Gasteiger partial charge in [0.1, 0.15) is 0 Å². The lowest BCUT2D eigenvalue weighted by Crippen LogP contribution is -2.22. The van der Waals surface area contributed by atoms with Gasteiger partial charge in [0.25, 0.3) is 0 Å². The van der Waals surface area contributed by atoms with Crippen LogP contribution in [-0.2, 0) is 4.79 Å². The molecule has 0 fully saturated rings. The molecule has 0 saturated carbocycles. The fourth-order valence-corrected chi connectivity index (χ4v) is 3.96. The number of amides is 1. The highest BCUT2D eigenvalue weighted by atomic mass is 35.5. The lowest BCUT2D eigenvalue weighted by Gasteiger charge is -2.10. The second-order valence-electron chi connectivity index (χ2n) is 6.75. The van der Waals surface area contributed by atoms with E-state index in [0.717, 1.165) is 22.5 Å². The Morgan fingerprint density at radius 3 is 2.17 bits per heavy atom. The van der Waals surface area contributed by atoms with Gasteiger partial charge in [-0.1, -0.05) is 84.0 Å². The Balaban J connectivity index is 1.57. The Kier molecular flexibility index (Phi) is 6.21. The van der Waals surface area contributed by atoms with Crippen molar-refractivity contribution in [1.82, 2.24) is 9.97 Å². The van der Waals surface area contributed by atoms with Gasteiger partial charge in [0, 0.05) is 21.8 Å². The van der Waals surface area contributed by atoms with Crippen molar-refractivity contribution in [3.05, 3.63) is 90.0 Å². The molecule has 0 aliphatic heterocycles. The van der Waals surface area contributed by atoms with Gasteiger partial charge < -0.3 is 10.3 Å². The Labute approximate surface area is 184 Å². The molecule has 0 aliphatic rings. The zero-order chi connectivity index (χ0) is 20.9. The van der Waals surface area contributed by atoms with Gasteiger partial charge in [0.05, 0.1) is 16.6 Å². The van der Waals surface area contributed by atoms with Gasteiger partial charge in [0.2, 0.25) is 5.91 Å². The zero-order valence-electron chi connectivity index (χ0n) is 16.3. The minimum Gasteiger partial charge on any atom is -0.332 e. The summed E-state index contributed by atoms with van der Waals surface area (Å²) >= 11 is 7.30. The van der Waals surface area contributed by atoms with Crippen LogP contribution in [0, 0.1) is 0 Å². The van der Waals surface area contributed by atoms with E-state index < -0.39 is 0 Å². The minimum absolute atomic E-state index is 0.0961. The van der Waals surface area contributed by atoms with Crippen LogP contribution < -0.4 is 5.32 Å². The number of hydrogen-bond donors (Lipinski definition) is 2. The van der Waals surface area contributed by atoms with Crippen molar-refractivity contribution in [3.8, 4) is 22.5 Å². The van der Waals surface area contributed by atoms with E-state index in [4.69, 9.17) is 16.6 Å². The number of rotatable bonds is 6. The van der Waals surface area contributed by atoms with Crippen LogP contribution in [0.2, 0.25) is 5.02 Å². The highest BCUT2D eigenvalue weighted by Crippen LogP contribution is 2.33. The molecule has 0 bridgehead atoms. The molecule has 1 heterocycles. The van der Waals surface area contributed by atoms with Crippen LogP contribution in [-0.4, -0.2) is 21.1 Å². The van der Waals surface area contributed by atoms with E-state index in [1.807, 2.05) is 67.6 Å². The molecule has 0 saturated heterocycles. The van der Waals surface area contributed by atoms with Crippen LogP contribution in [0.5, 0.6) is 0 Å². The Morgan fingerprint density at radius 2 is 1.53 bits per heavy atom. The van der Waals surface area contributed by atoms with E-state index in [1.165, 1.54) is 11.8 Å². The van der Waals surface area contributed by atoms with E-state index in [0.29, 0.717) is 15.9 Å². The summed E-state index contributed by atoms with van der Waals surface area (Å²) in [5.41, 5.74) is 4.60. The third kappa shape index (κ3) is 4.75. The molecule has 1 aromatic heterocycles. The predicted octanol–water partition coefficient (Wildman–Crippen LogP) is 6.52. The summed E-state index contributed by atoms with van der Waals surface area (Å²) in [6, 6.07) is 27.2. The van der Waals surface area contributed by atoms with Crippen molar-refractivity contribution >= 4 is 35.0 Å². The maximum absolute atomic E-state index is 12.6. The van der Waals surface area contributed by atoms with Crippen LogP contribution in [0.15, 0.2) is 90.1 Å². The first-order chi connectivity index (χ1) is 14.6. The number of benzene rings is 3. The van der Waals surface area contributed by atoms with Gasteiger partial charge in [-0.25, -0.2) is 4.98 Å². The van der Waals surface area contributed by atoms with Crippen molar-refractivity contribution in [2.24, 2.45) is 0 Å². The number of aromatic nitrogens is 2. The van der Waals surface area contributed by atoms with Gasteiger partial charge >= 0.3 is 0 Å². The number of anilines is 1. The first kappa shape index (κ1) is 20.3. The van der Waals surface area contributed by atoms with Crippen molar-refractivity contribution < 1.29 is 4.79 Å². The molecule has 4 rings (SSSR count). The number of halogens is 1. The Hall–Kier alpha value is -3.02. The average Bonchev–Trinajstić information content (AvgIpc) is 3.20. The quantitative estimate of drug-likeness (QED) is 0.340. The van der Waals surface area contributed by atoms with Crippen LogP contribution >= 0.6 is 23.4 Å². The molecule has 1 atom stereocenters. The summed E-state index contributed by atoms with van der Waals surface area (Å²) < 4.78 is 0. The van der Waals surface area contributed by atoms with Crippen molar-refractivity contribution in [3.63, 3.8) is 0 Å². The normalized spacial score (nSPS) is 11.8. The molecule has 2 N–H and O–H groups in total. The number of aromatic amines is 1. The number of imidazole rings is 1. The van der Waals surface area contributed by atoms with Crippen LogP contribution in [0.3, 0.4) is 0 Å². The predicted molar refractivity (Wildman–Crippen MR) is 125 cm³/mol. The first-order valence-electron chi connectivity index (χ1n) is 9.54. The van der Waals surface area contributed by atoms with E-state index in [9.17, 15) is 4.79 Å². The summed E-state index contributed by atoms with van der Waals surface area (Å²) in [6.45, 7) is 1.86. The molecule has 4 nitrogen and oxygen atoms in total. The molecule has 0 radical (unpaired) electrons. The molecular weight excluding hydrogens is 414 g/mol. The van der Waals surface area contributed by atoms with Crippen molar-refractivity contribution in [2.75, 3.05) is 5.32 Å². The van der Waals surface area contributed by atoms with Gasteiger partial charge in [-0.3, -0.25) is 4.79 Å². The number of thioether (sulfide) groups is 1. The maximum Gasteiger partial charge on any atom is 0.237 e. The Bertz CT molecular complexity index is 1070. The standard InChI is InChI=1S/C24H20ClN3OS/c1-16(23(29)26-20-14-12-19(25)13-15-20)30-24-27-21(17-8-4-2-5-9-17)22(28-24)18-10-6-3-7-11-18/h2-16H,1H3,(H,26,29)(H,27,28). The van der Waals surface area contributed by atoms with E-state index >= 15 is 0 Å². The molecule has 6 heteroatoms. The second-order valence-corrected chi connectivity index (χ2v) is 8.52. The smallest absolute Gasteiger partial charge is 0.237 e. The number of H-pyrrole nitrogens is 1. The summed E-state index contributed by atoms with van der Waals surface area (Å²) in [5.74, 6) is -0.0961. The molecule has 3 aromatic carbocycles. The number of nitrogens with zero attached hydrogens (tertiary/aromatic N) is 1. The van der Waals surface area contributed by atoms with Crippen LogP contribution in [0.25, 0.3) is 22.5 Å². The zero-order valence-corrected chi connectivity index (χ0v) is 17.9. The molecule has 150 valence electrons. The summed E-state index contributed by atoms with van der Waals surface area (Å²) in [6.07, 6.45) is 0. The van der Waals surface area contributed by atoms with Gasteiger partial charge in [0.15, 0.2) is 5.16 Å². The molecular formula is C24H20ClN3OS.